The molecule has 0 saturated heterocycles. The molecule has 0 aromatic heterocycles. The van der Waals surface area contributed by atoms with E-state index in [0.29, 0.717) is 0 Å². The predicted octanol–water partition coefficient (Wildman–Crippen LogP) is 3.75. The van der Waals surface area contributed by atoms with Crippen LogP contribution in [0.25, 0.3) is 0 Å². The minimum Gasteiger partial charge on any atom is -0.394 e. The van der Waals surface area contributed by atoms with Gasteiger partial charge < -0.3 is 10.8 Å². The number of aryl methyl sites for hydroxylation is 1. The number of unbranched alkanes of at least 4 members (excludes halogenated alkanes) is 1. The molecule has 3 heteroatoms. The summed E-state index contributed by atoms with van der Waals surface area (Å²) >= 11 is 0. The third-order valence-corrected chi connectivity index (χ3v) is 1.50. The molecule has 1 aromatic rings. The largest absolute Gasteiger partial charge is 0.394 e. The molecular weight excluding hydrogens is 325 g/mol. The maximum Gasteiger partial charge on any atom is 0.0483 e. The first-order valence-electron chi connectivity index (χ1n) is 5.94. The summed E-state index contributed by atoms with van der Waals surface area (Å²) in [5, 5.41) is 8.06. The zero-order valence-corrected chi connectivity index (χ0v) is 13.8. The molecule has 1 aromatic carbocycles. The van der Waals surface area contributed by atoms with Crippen molar-refractivity contribution in [3.63, 3.8) is 0 Å². The second-order valence-electron chi connectivity index (χ2n) is 3.89. The molecule has 0 aliphatic rings. The van der Waals surface area contributed by atoms with E-state index in [0.717, 1.165) is 6.54 Å². The number of hydrogen-bond donors (Lipinski definition) is 2. The normalized spacial score (nSPS) is 8.18. The molecule has 0 aliphatic heterocycles. The van der Waals surface area contributed by atoms with Gasteiger partial charge in [0.05, 0.1) is 0 Å². The van der Waals surface area contributed by atoms with Gasteiger partial charge in [0.1, 0.15) is 0 Å². The fraction of sp³-hybridized carbons (Fsp3) is 0.571. The molecule has 0 atom stereocenters. The fourth-order valence-electron chi connectivity index (χ4n) is 0.739. The summed E-state index contributed by atoms with van der Waals surface area (Å²) in [5.74, 6) is 0. The van der Waals surface area contributed by atoms with Gasteiger partial charge in [0.15, 0.2) is 0 Å². The molecular formula is C14H28INO. The van der Waals surface area contributed by atoms with Crippen molar-refractivity contribution in [2.45, 2.75) is 46.6 Å². The van der Waals surface area contributed by atoms with Crippen LogP contribution in [-0.2, 0) is 0 Å². The van der Waals surface area contributed by atoms with Gasteiger partial charge in [-0.15, -0.1) is 24.0 Å². The summed E-state index contributed by atoms with van der Waals surface area (Å²) in [6, 6.07) is 10.3. The molecule has 0 unspecified atom stereocenters. The number of hydrogen-bond acceptors (Lipinski definition) is 2. The molecule has 0 fully saturated rings. The van der Waals surface area contributed by atoms with Gasteiger partial charge in [-0.2, -0.15) is 0 Å². The summed E-state index contributed by atoms with van der Waals surface area (Å²) in [6.45, 7) is 8.50. The highest BCUT2D eigenvalue weighted by molar-refractivity contribution is 14.0. The van der Waals surface area contributed by atoms with Crippen LogP contribution >= 0.6 is 24.0 Å². The van der Waals surface area contributed by atoms with E-state index in [1.165, 1.54) is 18.4 Å². The van der Waals surface area contributed by atoms with Crippen molar-refractivity contribution in [3.05, 3.63) is 35.9 Å². The first kappa shape index (κ1) is 22.1. The monoisotopic (exact) mass is 353 g/mol. The molecule has 2 nitrogen and oxygen atoms in total. The Balaban J connectivity index is -0.000000177. The molecule has 102 valence electrons. The minimum atomic E-state index is -0.167. The number of aliphatic hydroxyl groups is 1. The zero-order chi connectivity index (χ0) is 12.8. The topological polar surface area (TPSA) is 46.2 Å². The molecule has 0 spiro atoms. The quantitative estimate of drug-likeness (QED) is 0.796. The van der Waals surface area contributed by atoms with Crippen LogP contribution < -0.4 is 5.73 Å². The van der Waals surface area contributed by atoms with Crippen LogP contribution in [-0.4, -0.2) is 17.8 Å². The molecule has 17 heavy (non-hydrogen) atoms. The van der Waals surface area contributed by atoms with Crippen LogP contribution in [0.4, 0.5) is 0 Å². The Hall–Kier alpha value is -0.130. The lowest BCUT2D eigenvalue weighted by atomic mass is 10.2. The lowest BCUT2D eigenvalue weighted by Crippen LogP contribution is -1.95. The molecule has 0 heterocycles. The first-order valence-corrected chi connectivity index (χ1v) is 5.94. The molecule has 1 rings (SSSR count). The van der Waals surface area contributed by atoms with Gasteiger partial charge in [-0.25, -0.2) is 0 Å². The summed E-state index contributed by atoms with van der Waals surface area (Å²) in [7, 11) is 0. The third-order valence-electron chi connectivity index (χ3n) is 1.50. The Morgan fingerprint density at radius 1 is 1.18 bits per heavy atom. The SMILES string of the molecule is CC(C)O.CCCCN.Cc1ccccc1.I. The Bertz CT molecular complexity index is 210. The molecule has 0 aliphatic carbocycles. The van der Waals surface area contributed by atoms with Crippen molar-refractivity contribution in [1.82, 2.24) is 0 Å². The van der Waals surface area contributed by atoms with Gasteiger partial charge >= 0.3 is 0 Å². The predicted molar refractivity (Wildman–Crippen MR) is 87.9 cm³/mol. The van der Waals surface area contributed by atoms with Gasteiger partial charge in [-0.1, -0.05) is 49.2 Å². The lowest BCUT2D eigenvalue weighted by molar-refractivity contribution is 0.216. The average molecular weight is 353 g/mol. The molecule has 3 N–H and O–H groups in total. The number of rotatable bonds is 2. The van der Waals surface area contributed by atoms with Crippen molar-refractivity contribution in [1.29, 1.82) is 0 Å². The Morgan fingerprint density at radius 2 is 1.59 bits per heavy atom. The van der Waals surface area contributed by atoms with Gasteiger partial charge in [-0.3, -0.25) is 0 Å². The standard InChI is InChI=1S/C7H8.C4H11N.C3H8O.HI/c1-7-5-3-2-4-6-7;1-2-3-4-5;1-3(2)4;/h2-6H,1H3;2-5H2,1H3;3-4H,1-2H3;1H. The summed E-state index contributed by atoms with van der Waals surface area (Å²) < 4.78 is 0. The van der Waals surface area contributed by atoms with Crippen LogP contribution in [0.1, 0.15) is 39.2 Å². The third kappa shape index (κ3) is 31.3. The maximum absolute atomic E-state index is 8.06. The van der Waals surface area contributed by atoms with Crippen LogP contribution in [0.3, 0.4) is 0 Å². The van der Waals surface area contributed by atoms with Crippen molar-refractivity contribution in [3.8, 4) is 0 Å². The minimum absolute atomic E-state index is 0. The lowest BCUT2D eigenvalue weighted by Gasteiger charge is -1.82. The average Bonchev–Trinajstić information content (AvgIpc) is 2.20. The first-order chi connectivity index (χ1) is 7.54. The van der Waals surface area contributed by atoms with E-state index in [1.807, 2.05) is 18.2 Å². The van der Waals surface area contributed by atoms with Gasteiger partial charge in [-0.05, 0) is 33.7 Å². The summed E-state index contributed by atoms with van der Waals surface area (Å²) in [4.78, 5) is 0. The zero-order valence-electron chi connectivity index (χ0n) is 11.5. The highest BCUT2D eigenvalue weighted by Crippen LogP contribution is 1.92. The Labute approximate surface area is 124 Å². The Kier molecular flexibility index (Phi) is 23.7. The van der Waals surface area contributed by atoms with Gasteiger partial charge in [0.2, 0.25) is 0 Å². The second-order valence-corrected chi connectivity index (χ2v) is 3.89. The molecule has 0 radical (unpaired) electrons. The Morgan fingerprint density at radius 3 is 1.71 bits per heavy atom. The fourth-order valence-corrected chi connectivity index (χ4v) is 0.739. The molecule has 0 bridgehead atoms. The smallest absolute Gasteiger partial charge is 0.0483 e. The second kappa shape index (κ2) is 18.2. The van der Waals surface area contributed by atoms with Gasteiger partial charge in [0, 0.05) is 6.10 Å². The van der Waals surface area contributed by atoms with Crippen molar-refractivity contribution >= 4 is 24.0 Å². The molecule has 0 saturated carbocycles. The van der Waals surface area contributed by atoms with Crippen LogP contribution in [0.2, 0.25) is 0 Å². The van der Waals surface area contributed by atoms with Crippen molar-refractivity contribution < 1.29 is 5.11 Å². The van der Waals surface area contributed by atoms with E-state index in [2.05, 4.69) is 26.0 Å². The number of aliphatic hydroxyl groups excluding tert-OH is 1. The maximum atomic E-state index is 8.06. The van der Waals surface area contributed by atoms with Crippen molar-refractivity contribution in [2.24, 2.45) is 5.73 Å². The highest BCUT2D eigenvalue weighted by atomic mass is 127. The van der Waals surface area contributed by atoms with E-state index in [9.17, 15) is 0 Å². The number of halogens is 1. The van der Waals surface area contributed by atoms with E-state index in [-0.39, 0.29) is 30.1 Å². The molecule has 0 amide bonds. The summed E-state index contributed by atoms with van der Waals surface area (Å²) in [5.41, 5.74) is 6.46. The van der Waals surface area contributed by atoms with E-state index in [4.69, 9.17) is 10.8 Å². The van der Waals surface area contributed by atoms with Crippen LogP contribution in [0.15, 0.2) is 30.3 Å². The summed E-state index contributed by atoms with van der Waals surface area (Å²) in [6.07, 6.45) is 2.22. The van der Waals surface area contributed by atoms with E-state index < -0.39 is 0 Å². The van der Waals surface area contributed by atoms with Crippen LogP contribution in [0.5, 0.6) is 0 Å². The number of nitrogens with two attached hydrogens (primary N) is 1. The van der Waals surface area contributed by atoms with Gasteiger partial charge in [0.25, 0.3) is 0 Å². The van der Waals surface area contributed by atoms with Crippen LogP contribution in [0, 0.1) is 6.92 Å². The van der Waals surface area contributed by atoms with Crippen molar-refractivity contribution in [2.75, 3.05) is 6.54 Å². The van der Waals surface area contributed by atoms with E-state index in [1.54, 1.807) is 13.8 Å². The van der Waals surface area contributed by atoms with E-state index >= 15 is 0 Å². The number of benzene rings is 1. The highest BCUT2D eigenvalue weighted by Gasteiger charge is 1.72.